The number of carbonyl (C=O) groups is 1. The Kier molecular flexibility index (Phi) is 4.49. The highest BCUT2D eigenvalue weighted by Gasteiger charge is 2.28. The predicted molar refractivity (Wildman–Crippen MR) is 71.9 cm³/mol. The summed E-state index contributed by atoms with van der Waals surface area (Å²) in [5.41, 5.74) is 6.09. The Labute approximate surface area is 114 Å². The third-order valence-electron chi connectivity index (χ3n) is 2.98. The van der Waals surface area contributed by atoms with Crippen LogP contribution in [0.4, 0.5) is 5.69 Å². The second kappa shape index (κ2) is 6.12. The number of amides is 1. The first-order valence-electron chi connectivity index (χ1n) is 6.09. The largest absolute Gasteiger partial charge is 0.396 e. The van der Waals surface area contributed by atoms with Gasteiger partial charge in [0.2, 0.25) is 5.91 Å². The molecule has 1 saturated heterocycles. The molecule has 1 amide bonds. The Morgan fingerprint density at radius 1 is 1.53 bits per heavy atom. The fraction of sp³-hybridized carbons (Fsp3) is 0.500. The lowest BCUT2D eigenvalue weighted by Gasteiger charge is -2.28. The van der Waals surface area contributed by atoms with Crippen molar-refractivity contribution >= 4 is 22.4 Å². The third-order valence-corrected chi connectivity index (χ3v) is 4.55. The van der Waals surface area contributed by atoms with Crippen LogP contribution in [-0.2, 0) is 20.3 Å². The molecular formula is C12H17N3O3S. The van der Waals surface area contributed by atoms with Crippen LogP contribution < -0.4 is 5.73 Å². The summed E-state index contributed by atoms with van der Waals surface area (Å²) in [7, 11) is -1.54. The molecule has 0 radical (unpaired) electrons. The van der Waals surface area contributed by atoms with Crippen molar-refractivity contribution in [3.05, 3.63) is 18.3 Å². The summed E-state index contributed by atoms with van der Waals surface area (Å²) in [6, 6.07) is 3.30. The number of carbonyl (C=O) groups excluding carboxylic acids is 1. The van der Waals surface area contributed by atoms with Crippen molar-refractivity contribution in [1.82, 2.24) is 9.88 Å². The molecule has 19 heavy (non-hydrogen) atoms. The molecule has 2 unspecified atom stereocenters. The zero-order valence-electron chi connectivity index (χ0n) is 10.7. The summed E-state index contributed by atoms with van der Waals surface area (Å²) >= 11 is 0. The van der Waals surface area contributed by atoms with Crippen molar-refractivity contribution in [3.8, 4) is 0 Å². The number of hydrogen-bond acceptors (Lipinski definition) is 5. The molecule has 2 N–H and O–H groups in total. The number of rotatable bonds is 3. The maximum absolute atomic E-state index is 12.3. The average molecular weight is 283 g/mol. The van der Waals surface area contributed by atoms with Gasteiger partial charge in [-0.15, -0.1) is 0 Å². The predicted octanol–water partition coefficient (Wildman–Crippen LogP) is 0.0187. The molecule has 0 aliphatic carbocycles. The Morgan fingerprint density at radius 2 is 2.21 bits per heavy atom. The van der Waals surface area contributed by atoms with Gasteiger partial charge in [-0.1, -0.05) is 0 Å². The van der Waals surface area contributed by atoms with Crippen LogP contribution in [0.2, 0.25) is 0 Å². The molecule has 2 atom stereocenters. The summed E-state index contributed by atoms with van der Waals surface area (Å²) in [5.74, 6) is -0.147. The van der Waals surface area contributed by atoms with E-state index in [-0.39, 0.29) is 10.9 Å². The van der Waals surface area contributed by atoms with E-state index >= 15 is 0 Å². The van der Waals surface area contributed by atoms with Crippen molar-refractivity contribution in [3.63, 3.8) is 0 Å². The van der Waals surface area contributed by atoms with Gasteiger partial charge in [-0.25, -0.2) is 4.98 Å². The van der Waals surface area contributed by atoms with Gasteiger partial charge in [-0.3, -0.25) is 9.00 Å². The van der Waals surface area contributed by atoms with Gasteiger partial charge in [0.1, 0.15) is 5.25 Å². The number of nitrogen functional groups attached to an aromatic ring is 1. The number of ether oxygens (including phenoxy) is 1. The number of pyridine rings is 1. The van der Waals surface area contributed by atoms with Crippen LogP contribution in [0.25, 0.3) is 0 Å². The van der Waals surface area contributed by atoms with E-state index < -0.39 is 16.0 Å². The van der Waals surface area contributed by atoms with Crippen molar-refractivity contribution in [1.29, 1.82) is 0 Å². The van der Waals surface area contributed by atoms with E-state index in [0.717, 1.165) is 0 Å². The molecule has 104 valence electrons. The molecule has 0 aromatic carbocycles. The Hall–Kier alpha value is -1.47. The second-order valence-electron chi connectivity index (χ2n) is 4.28. The number of anilines is 1. The van der Waals surface area contributed by atoms with Crippen LogP contribution in [0.1, 0.15) is 6.92 Å². The standard InChI is InChI=1S/C12H17N3O3S/c1-9(12(16)15-5-7-18-8-6-15)19(17)11-10(13)3-2-4-14-11/h2-4,9H,5-8,13H2,1H3. The highest BCUT2D eigenvalue weighted by Crippen LogP contribution is 2.17. The van der Waals surface area contributed by atoms with E-state index in [1.54, 1.807) is 24.0 Å². The van der Waals surface area contributed by atoms with Crippen molar-refractivity contribution in [2.24, 2.45) is 0 Å². The van der Waals surface area contributed by atoms with Crippen molar-refractivity contribution < 1.29 is 13.7 Å². The van der Waals surface area contributed by atoms with E-state index in [0.29, 0.717) is 32.0 Å². The van der Waals surface area contributed by atoms with Crippen molar-refractivity contribution in [2.45, 2.75) is 17.2 Å². The minimum Gasteiger partial charge on any atom is -0.396 e. The molecule has 1 aliphatic heterocycles. The Balaban J connectivity index is 2.10. The van der Waals surface area contributed by atoms with Gasteiger partial charge in [0.25, 0.3) is 0 Å². The van der Waals surface area contributed by atoms with Gasteiger partial charge >= 0.3 is 0 Å². The molecule has 2 heterocycles. The van der Waals surface area contributed by atoms with Gasteiger partial charge in [-0.05, 0) is 19.1 Å². The van der Waals surface area contributed by atoms with E-state index in [2.05, 4.69) is 4.98 Å². The minimum atomic E-state index is -1.54. The first kappa shape index (κ1) is 14.0. The first-order valence-corrected chi connectivity index (χ1v) is 7.30. The topological polar surface area (TPSA) is 85.5 Å². The lowest BCUT2D eigenvalue weighted by molar-refractivity contribution is -0.134. The molecule has 1 aromatic heterocycles. The van der Waals surface area contributed by atoms with Crippen LogP contribution in [-0.4, -0.2) is 51.6 Å². The van der Waals surface area contributed by atoms with Crippen LogP contribution >= 0.6 is 0 Å². The number of aromatic nitrogens is 1. The molecule has 1 aromatic rings. The smallest absolute Gasteiger partial charge is 0.238 e. The van der Waals surface area contributed by atoms with Crippen LogP contribution in [0, 0.1) is 0 Å². The molecular weight excluding hydrogens is 266 g/mol. The normalized spacial score (nSPS) is 18.9. The lowest BCUT2D eigenvalue weighted by Crippen LogP contribution is -2.46. The number of nitrogens with two attached hydrogens (primary N) is 1. The third kappa shape index (κ3) is 3.10. The number of nitrogens with zero attached hydrogens (tertiary/aromatic N) is 2. The summed E-state index contributed by atoms with van der Waals surface area (Å²) in [5, 5.41) is -0.382. The van der Waals surface area contributed by atoms with E-state index in [4.69, 9.17) is 10.5 Å². The Morgan fingerprint density at radius 3 is 2.84 bits per heavy atom. The maximum Gasteiger partial charge on any atom is 0.238 e. The molecule has 1 aliphatic rings. The minimum absolute atomic E-state index is 0.147. The zero-order chi connectivity index (χ0) is 13.8. The van der Waals surface area contributed by atoms with Crippen LogP contribution in [0.15, 0.2) is 23.4 Å². The van der Waals surface area contributed by atoms with E-state index in [1.807, 2.05) is 0 Å². The van der Waals surface area contributed by atoms with Crippen LogP contribution in [0.3, 0.4) is 0 Å². The highest BCUT2D eigenvalue weighted by molar-refractivity contribution is 7.86. The lowest BCUT2D eigenvalue weighted by atomic mass is 10.3. The molecule has 7 heteroatoms. The summed E-state index contributed by atoms with van der Waals surface area (Å²) in [6.45, 7) is 3.77. The van der Waals surface area contributed by atoms with E-state index in [9.17, 15) is 9.00 Å². The van der Waals surface area contributed by atoms with Gasteiger partial charge in [-0.2, -0.15) is 0 Å². The van der Waals surface area contributed by atoms with Crippen LogP contribution in [0.5, 0.6) is 0 Å². The molecule has 2 rings (SSSR count). The molecule has 1 fully saturated rings. The summed E-state index contributed by atoms with van der Waals surface area (Å²) < 4.78 is 17.5. The molecule has 0 saturated carbocycles. The fourth-order valence-corrected chi connectivity index (χ4v) is 3.00. The zero-order valence-corrected chi connectivity index (χ0v) is 11.6. The maximum atomic E-state index is 12.3. The average Bonchev–Trinajstić information content (AvgIpc) is 2.46. The van der Waals surface area contributed by atoms with E-state index in [1.165, 1.54) is 6.20 Å². The number of morpholine rings is 1. The van der Waals surface area contributed by atoms with Gasteiger partial charge in [0.05, 0.1) is 29.7 Å². The highest BCUT2D eigenvalue weighted by atomic mass is 32.2. The fourth-order valence-electron chi connectivity index (χ4n) is 1.87. The quantitative estimate of drug-likeness (QED) is 0.845. The molecule has 6 nitrogen and oxygen atoms in total. The SMILES string of the molecule is CC(C(=O)N1CCOCC1)S(=O)c1ncccc1N. The second-order valence-corrected chi connectivity index (χ2v) is 5.96. The summed E-state index contributed by atoms with van der Waals surface area (Å²) in [6.07, 6.45) is 1.52. The van der Waals surface area contributed by atoms with Gasteiger partial charge in [0, 0.05) is 19.3 Å². The van der Waals surface area contributed by atoms with Gasteiger partial charge in [0.15, 0.2) is 5.03 Å². The monoisotopic (exact) mass is 283 g/mol. The Bertz CT molecular complexity index is 489. The number of hydrogen-bond donors (Lipinski definition) is 1. The van der Waals surface area contributed by atoms with Gasteiger partial charge < -0.3 is 15.4 Å². The molecule has 0 bridgehead atoms. The summed E-state index contributed by atoms with van der Waals surface area (Å²) in [4.78, 5) is 17.9. The van der Waals surface area contributed by atoms with Crippen molar-refractivity contribution in [2.75, 3.05) is 32.0 Å². The first-order chi connectivity index (χ1) is 9.11. The molecule has 0 spiro atoms.